The Balaban J connectivity index is 2.50. The Labute approximate surface area is 124 Å². The molecule has 0 fully saturated rings. The molecule has 2 rings (SSSR count). The maximum Gasteiger partial charge on any atom is 0.330 e. The molecule has 1 unspecified atom stereocenters. The van der Waals surface area contributed by atoms with Gasteiger partial charge in [-0.3, -0.25) is 10.00 Å². The lowest BCUT2D eigenvalue weighted by Gasteiger charge is -2.31. The molecular formula is C16H21N3O2. The summed E-state index contributed by atoms with van der Waals surface area (Å²) in [6.07, 6.45) is 0. The molecule has 0 aliphatic heterocycles. The van der Waals surface area contributed by atoms with Crippen molar-refractivity contribution in [3.05, 3.63) is 53.3 Å². The second-order valence-electron chi connectivity index (χ2n) is 5.19. The third-order valence-electron chi connectivity index (χ3n) is 3.60. The van der Waals surface area contributed by atoms with E-state index in [1.165, 1.54) is 0 Å². The minimum atomic E-state index is -1.18. The molecule has 1 aromatic heterocycles. The van der Waals surface area contributed by atoms with Gasteiger partial charge in [0.05, 0.1) is 12.2 Å². The highest BCUT2D eigenvalue weighted by molar-refractivity contribution is 5.80. The summed E-state index contributed by atoms with van der Waals surface area (Å²) in [5.74, 6) is -0.900. The van der Waals surface area contributed by atoms with Crippen LogP contribution >= 0.6 is 0 Å². The van der Waals surface area contributed by atoms with Crippen molar-refractivity contribution in [2.75, 3.05) is 6.54 Å². The monoisotopic (exact) mass is 287 g/mol. The average molecular weight is 287 g/mol. The molecule has 21 heavy (non-hydrogen) atoms. The van der Waals surface area contributed by atoms with Gasteiger partial charge in [0, 0.05) is 5.69 Å². The Morgan fingerprint density at radius 2 is 2.00 bits per heavy atom. The van der Waals surface area contributed by atoms with Crippen molar-refractivity contribution in [2.45, 2.75) is 32.9 Å². The zero-order chi connectivity index (χ0) is 15.5. The van der Waals surface area contributed by atoms with Crippen molar-refractivity contribution in [2.24, 2.45) is 0 Å². The molecular weight excluding hydrogens is 266 g/mol. The second kappa shape index (κ2) is 6.10. The van der Waals surface area contributed by atoms with Gasteiger partial charge in [0.1, 0.15) is 0 Å². The third-order valence-corrected chi connectivity index (χ3v) is 3.60. The Kier molecular flexibility index (Phi) is 4.43. The number of aromatic nitrogens is 2. The number of aliphatic carboxylic acids is 1. The van der Waals surface area contributed by atoms with Crippen LogP contribution in [-0.4, -0.2) is 27.4 Å². The van der Waals surface area contributed by atoms with E-state index in [1.807, 2.05) is 57.2 Å². The van der Waals surface area contributed by atoms with E-state index in [1.54, 1.807) is 4.68 Å². The Morgan fingerprint density at radius 1 is 1.33 bits per heavy atom. The highest BCUT2D eigenvalue weighted by Gasteiger charge is 2.40. The number of hydrogen-bond donors (Lipinski definition) is 2. The number of carbonyl (C=O) groups is 1. The van der Waals surface area contributed by atoms with Crippen LogP contribution < -0.4 is 5.32 Å². The highest BCUT2D eigenvalue weighted by atomic mass is 16.4. The quantitative estimate of drug-likeness (QED) is 0.853. The number of rotatable bonds is 6. The van der Waals surface area contributed by atoms with E-state index in [-0.39, 0.29) is 6.54 Å². The van der Waals surface area contributed by atoms with Gasteiger partial charge in [-0.1, -0.05) is 37.3 Å². The first-order valence-electron chi connectivity index (χ1n) is 7.04. The fourth-order valence-electron chi connectivity index (χ4n) is 2.60. The number of nitrogens with one attached hydrogen (secondary N) is 1. The van der Waals surface area contributed by atoms with E-state index in [0.29, 0.717) is 6.54 Å². The minimum absolute atomic E-state index is 0.250. The van der Waals surface area contributed by atoms with Crippen molar-refractivity contribution in [1.82, 2.24) is 15.1 Å². The summed E-state index contributed by atoms with van der Waals surface area (Å²) in [5.41, 5.74) is 1.38. The molecule has 0 amide bonds. The molecule has 0 saturated carbocycles. The van der Waals surface area contributed by atoms with Gasteiger partial charge in [0.25, 0.3) is 0 Å². The van der Waals surface area contributed by atoms with Gasteiger partial charge in [-0.05, 0) is 32.0 Å². The molecule has 2 N–H and O–H groups in total. The van der Waals surface area contributed by atoms with E-state index in [0.717, 1.165) is 17.0 Å². The summed E-state index contributed by atoms with van der Waals surface area (Å²) in [6.45, 7) is 6.55. The summed E-state index contributed by atoms with van der Waals surface area (Å²) >= 11 is 0. The summed E-state index contributed by atoms with van der Waals surface area (Å²) < 4.78 is 1.75. The summed E-state index contributed by atoms with van der Waals surface area (Å²) in [7, 11) is 0. The molecule has 0 spiro atoms. The molecule has 0 radical (unpaired) electrons. The summed E-state index contributed by atoms with van der Waals surface area (Å²) in [5, 5.41) is 17.4. The van der Waals surface area contributed by atoms with E-state index in [9.17, 15) is 9.90 Å². The number of carboxylic acid groups (broad SMARTS) is 1. The molecule has 1 aromatic carbocycles. The van der Waals surface area contributed by atoms with Crippen LogP contribution in [0.3, 0.4) is 0 Å². The van der Waals surface area contributed by atoms with Gasteiger partial charge >= 0.3 is 5.97 Å². The molecule has 5 nitrogen and oxygen atoms in total. The van der Waals surface area contributed by atoms with Crippen LogP contribution in [0.4, 0.5) is 0 Å². The lowest BCUT2D eigenvalue weighted by Crippen LogP contribution is -2.52. The maximum absolute atomic E-state index is 12.0. The molecule has 0 saturated heterocycles. The summed E-state index contributed by atoms with van der Waals surface area (Å²) in [4.78, 5) is 12.0. The first-order valence-corrected chi connectivity index (χ1v) is 7.04. The minimum Gasteiger partial charge on any atom is -0.480 e. The molecule has 0 aliphatic carbocycles. The number of aryl methyl sites for hydroxylation is 2. The normalized spacial score (nSPS) is 13.9. The highest BCUT2D eigenvalue weighted by Crippen LogP contribution is 2.24. The molecule has 1 heterocycles. The van der Waals surface area contributed by atoms with Crippen molar-refractivity contribution >= 4 is 5.97 Å². The SMILES string of the molecule is CCNC(Cn1nc(C)cc1C)(C(=O)O)c1ccccc1. The maximum atomic E-state index is 12.0. The van der Waals surface area contributed by atoms with E-state index in [4.69, 9.17) is 0 Å². The fourth-order valence-corrected chi connectivity index (χ4v) is 2.60. The van der Waals surface area contributed by atoms with E-state index < -0.39 is 11.5 Å². The average Bonchev–Trinajstić information content (AvgIpc) is 2.77. The zero-order valence-electron chi connectivity index (χ0n) is 12.6. The van der Waals surface area contributed by atoms with Crippen molar-refractivity contribution < 1.29 is 9.90 Å². The lowest BCUT2D eigenvalue weighted by atomic mass is 9.89. The number of likely N-dealkylation sites (N-methyl/N-ethyl adjacent to an activating group) is 1. The first-order chi connectivity index (χ1) is 9.99. The third kappa shape index (κ3) is 2.97. The standard InChI is InChI=1S/C16H21N3O2/c1-4-17-16(15(20)21,14-8-6-5-7-9-14)11-19-13(3)10-12(2)18-19/h5-10,17H,4,11H2,1-3H3,(H,20,21). The van der Waals surface area contributed by atoms with Crippen LogP contribution in [-0.2, 0) is 16.9 Å². The van der Waals surface area contributed by atoms with Crippen LogP contribution in [0.5, 0.6) is 0 Å². The zero-order valence-corrected chi connectivity index (χ0v) is 12.6. The van der Waals surface area contributed by atoms with Crippen molar-refractivity contribution in [3.8, 4) is 0 Å². The van der Waals surface area contributed by atoms with Gasteiger partial charge in [-0.25, -0.2) is 4.79 Å². The van der Waals surface area contributed by atoms with Crippen LogP contribution in [0.1, 0.15) is 23.9 Å². The van der Waals surface area contributed by atoms with Crippen molar-refractivity contribution in [3.63, 3.8) is 0 Å². The summed E-state index contributed by atoms with van der Waals surface area (Å²) in [6, 6.07) is 11.2. The van der Waals surface area contributed by atoms with Gasteiger partial charge in [-0.15, -0.1) is 0 Å². The van der Waals surface area contributed by atoms with Crippen LogP contribution in [0, 0.1) is 13.8 Å². The Morgan fingerprint density at radius 3 is 2.48 bits per heavy atom. The van der Waals surface area contributed by atoms with Crippen LogP contribution in [0.2, 0.25) is 0 Å². The predicted molar refractivity (Wildman–Crippen MR) is 81.1 cm³/mol. The number of carboxylic acids is 1. The topological polar surface area (TPSA) is 67.2 Å². The van der Waals surface area contributed by atoms with Crippen LogP contribution in [0.25, 0.3) is 0 Å². The van der Waals surface area contributed by atoms with Gasteiger partial charge in [-0.2, -0.15) is 5.10 Å². The Hall–Kier alpha value is -2.14. The number of benzene rings is 1. The number of hydrogen-bond acceptors (Lipinski definition) is 3. The molecule has 5 heteroatoms. The molecule has 112 valence electrons. The van der Waals surface area contributed by atoms with Gasteiger partial charge < -0.3 is 5.11 Å². The first kappa shape index (κ1) is 15.3. The largest absolute Gasteiger partial charge is 0.480 e. The Bertz CT molecular complexity index is 622. The number of nitrogens with zero attached hydrogens (tertiary/aromatic N) is 2. The molecule has 0 bridgehead atoms. The molecule has 2 aromatic rings. The van der Waals surface area contributed by atoms with Crippen LogP contribution in [0.15, 0.2) is 36.4 Å². The van der Waals surface area contributed by atoms with Crippen molar-refractivity contribution in [1.29, 1.82) is 0 Å². The fraction of sp³-hybridized carbons (Fsp3) is 0.375. The molecule has 0 aliphatic rings. The molecule has 1 atom stereocenters. The van der Waals surface area contributed by atoms with Gasteiger partial charge in [0.15, 0.2) is 5.54 Å². The second-order valence-corrected chi connectivity index (χ2v) is 5.19. The predicted octanol–water partition coefficient (Wildman–Crippen LogP) is 2.09. The van der Waals surface area contributed by atoms with E-state index in [2.05, 4.69) is 10.4 Å². The smallest absolute Gasteiger partial charge is 0.330 e. The van der Waals surface area contributed by atoms with E-state index >= 15 is 0 Å². The van der Waals surface area contributed by atoms with Gasteiger partial charge in [0.2, 0.25) is 0 Å². The lowest BCUT2D eigenvalue weighted by molar-refractivity contribution is -0.146.